The summed E-state index contributed by atoms with van der Waals surface area (Å²) < 4.78 is 10.8. The van der Waals surface area contributed by atoms with E-state index in [2.05, 4.69) is 13.8 Å². The predicted octanol–water partition coefficient (Wildman–Crippen LogP) is 2.85. The molecule has 138 valence electrons. The van der Waals surface area contributed by atoms with E-state index in [1.165, 1.54) is 6.26 Å². The number of hydrogen-bond donors (Lipinski definition) is 0. The Kier molecular flexibility index (Phi) is 3.78. The fraction of sp³-hybridized carbons (Fsp3) is 0.789. The first kappa shape index (κ1) is 17.0. The molecule has 2 saturated carbocycles. The number of esters is 1. The summed E-state index contributed by atoms with van der Waals surface area (Å²) in [5.74, 6) is -0.219. The SMILES string of the molecule is CC1(C)CCC(=O)C2(C)OOC3CC12CCC3OC(=O)C1=COCC1. The first-order valence-electron chi connectivity index (χ1n) is 9.19. The molecule has 2 heterocycles. The molecular weight excluding hydrogens is 324 g/mol. The molecule has 2 aliphatic carbocycles. The maximum absolute atomic E-state index is 12.7. The molecule has 2 aliphatic heterocycles. The Morgan fingerprint density at radius 2 is 2.04 bits per heavy atom. The number of rotatable bonds is 2. The molecule has 6 nitrogen and oxygen atoms in total. The lowest BCUT2D eigenvalue weighted by Crippen LogP contribution is -2.70. The number of ether oxygens (including phenoxy) is 2. The van der Waals surface area contributed by atoms with E-state index in [0.29, 0.717) is 37.9 Å². The maximum atomic E-state index is 12.7. The molecule has 0 amide bonds. The topological polar surface area (TPSA) is 71.1 Å². The first-order chi connectivity index (χ1) is 11.8. The fourth-order valence-electron chi connectivity index (χ4n) is 5.28. The lowest BCUT2D eigenvalue weighted by atomic mass is 9.45. The van der Waals surface area contributed by atoms with Crippen molar-refractivity contribution in [1.29, 1.82) is 0 Å². The summed E-state index contributed by atoms with van der Waals surface area (Å²) in [4.78, 5) is 36.3. The van der Waals surface area contributed by atoms with Gasteiger partial charge in [-0.2, -0.15) is 0 Å². The Balaban J connectivity index is 1.56. The Morgan fingerprint density at radius 1 is 1.24 bits per heavy atom. The second-order valence-electron chi connectivity index (χ2n) is 8.59. The summed E-state index contributed by atoms with van der Waals surface area (Å²) in [6, 6.07) is 0. The maximum Gasteiger partial charge on any atom is 0.337 e. The van der Waals surface area contributed by atoms with Crippen molar-refractivity contribution in [3.05, 3.63) is 11.8 Å². The van der Waals surface area contributed by atoms with Gasteiger partial charge in [-0.05, 0) is 38.0 Å². The van der Waals surface area contributed by atoms with Gasteiger partial charge in [0.05, 0.1) is 18.4 Å². The molecule has 0 aromatic rings. The zero-order valence-corrected chi connectivity index (χ0v) is 15.1. The van der Waals surface area contributed by atoms with E-state index in [-0.39, 0.29) is 34.8 Å². The van der Waals surface area contributed by atoms with E-state index >= 15 is 0 Å². The fourth-order valence-corrected chi connectivity index (χ4v) is 5.28. The van der Waals surface area contributed by atoms with Crippen LogP contribution in [0.5, 0.6) is 0 Å². The van der Waals surface area contributed by atoms with E-state index in [9.17, 15) is 9.59 Å². The van der Waals surface area contributed by atoms with Gasteiger partial charge in [-0.1, -0.05) is 13.8 Å². The smallest absolute Gasteiger partial charge is 0.337 e. The van der Waals surface area contributed by atoms with E-state index in [1.54, 1.807) is 0 Å². The molecule has 4 aliphatic rings. The average molecular weight is 350 g/mol. The van der Waals surface area contributed by atoms with Gasteiger partial charge in [-0.15, -0.1) is 0 Å². The molecule has 1 spiro atoms. The molecule has 3 fully saturated rings. The third kappa shape index (κ3) is 2.30. The number of Topliss-reactive ketones (excluding diaryl/α,β-unsaturated/α-hetero) is 1. The summed E-state index contributed by atoms with van der Waals surface area (Å²) >= 11 is 0. The van der Waals surface area contributed by atoms with Crippen LogP contribution in [-0.2, 0) is 28.8 Å². The zero-order valence-electron chi connectivity index (χ0n) is 15.1. The average Bonchev–Trinajstić information content (AvgIpc) is 3.11. The van der Waals surface area contributed by atoms with E-state index < -0.39 is 5.60 Å². The third-order valence-corrected chi connectivity index (χ3v) is 7.11. The highest BCUT2D eigenvalue weighted by Gasteiger charge is 2.69. The molecule has 0 radical (unpaired) electrons. The number of fused-ring (bicyclic) bond motifs is 1. The number of carbonyl (C=O) groups is 2. The molecule has 4 unspecified atom stereocenters. The van der Waals surface area contributed by atoms with E-state index in [0.717, 1.165) is 12.8 Å². The largest absolute Gasteiger partial charge is 0.500 e. The molecule has 1 saturated heterocycles. The molecular formula is C19H26O6. The van der Waals surface area contributed by atoms with Crippen molar-refractivity contribution >= 4 is 11.8 Å². The van der Waals surface area contributed by atoms with Crippen LogP contribution in [0.4, 0.5) is 0 Å². The Morgan fingerprint density at radius 3 is 2.76 bits per heavy atom. The van der Waals surface area contributed by atoms with Gasteiger partial charge in [0.25, 0.3) is 0 Å². The second-order valence-corrected chi connectivity index (χ2v) is 8.59. The summed E-state index contributed by atoms with van der Waals surface area (Å²) in [6.45, 7) is 6.84. The van der Waals surface area contributed by atoms with Gasteiger partial charge < -0.3 is 9.47 Å². The molecule has 2 bridgehead atoms. The highest BCUT2D eigenvalue weighted by atomic mass is 17.2. The lowest BCUT2D eigenvalue weighted by molar-refractivity contribution is -0.456. The highest BCUT2D eigenvalue weighted by Crippen LogP contribution is 2.64. The van der Waals surface area contributed by atoms with Gasteiger partial charge in [-0.3, -0.25) is 4.79 Å². The van der Waals surface area contributed by atoms with Crippen LogP contribution in [0.25, 0.3) is 0 Å². The zero-order chi connectivity index (χ0) is 17.9. The van der Waals surface area contributed by atoms with Crippen molar-refractivity contribution in [1.82, 2.24) is 0 Å². The molecule has 0 N–H and O–H groups in total. The monoisotopic (exact) mass is 350 g/mol. The standard InChI is InChI=1S/C19H26O6/c1-17(2)7-5-15(20)18(3)19(17)8-4-13(14(10-19)24-25-18)23-16(21)12-6-9-22-11-12/h11,13-14H,4-10H2,1-3H3. The van der Waals surface area contributed by atoms with Crippen molar-refractivity contribution in [3.63, 3.8) is 0 Å². The number of hydrogen-bond acceptors (Lipinski definition) is 6. The molecule has 4 atom stereocenters. The molecule has 4 rings (SSSR count). The van der Waals surface area contributed by atoms with Gasteiger partial charge in [-0.25, -0.2) is 14.6 Å². The van der Waals surface area contributed by atoms with Gasteiger partial charge in [0.2, 0.25) is 0 Å². The van der Waals surface area contributed by atoms with Gasteiger partial charge >= 0.3 is 5.97 Å². The summed E-state index contributed by atoms with van der Waals surface area (Å²) in [5.41, 5.74) is -0.664. The number of ketones is 1. The Hall–Kier alpha value is -1.40. The third-order valence-electron chi connectivity index (χ3n) is 7.11. The molecule has 6 heteroatoms. The minimum absolute atomic E-state index is 0.0332. The van der Waals surface area contributed by atoms with E-state index in [4.69, 9.17) is 19.2 Å². The lowest BCUT2D eigenvalue weighted by Gasteiger charge is -2.64. The van der Waals surface area contributed by atoms with Crippen molar-refractivity contribution < 1.29 is 28.8 Å². The summed E-state index contributed by atoms with van der Waals surface area (Å²) in [5, 5.41) is 0. The Bertz CT molecular complexity index is 638. The summed E-state index contributed by atoms with van der Waals surface area (Å²) in [6.07, 6.45) is 4.89. The van der Waals surface area contributed by atoms with Crippen LogP contribution in [0.15, 0.2) is 11.8 Å². The quantitative estimate of drug-likeness (QED) is 0.563. The van der Waals surface area contributed by atoms with Gasteiger partial charge in [0, 0.05) is 18.3 Å². The first-order valence-corrected chi connectivity index (χ1v) is 9.19. The normalized spacial score (nSPS) is 42.2. The van der Waals surface area contributed by atoms with Crippen molar-refractivity contribution in [2.24, 2.45) is 10.8 Å². The molecule has 25 heavy (non-hydrogen) atoms. The van der Waals surface area contributed by atoms with E-state index in [1.807, 2.05) is 6.92 Å². The summed E-state index contributed by atoms with van der Waals surface area (Å²) in [7, 11) is 0. The van der Waals surface area contributed by atoms with Crippen molar-refractivity contribution in [3.8, 4) is 0 Å². The molecule has 0 aromatic carbocycles. The predicted molar refractivity (Wildman–Crippen MR) is 87.2 cm³/mol. The highest BCUT2D eigenvalue weighted by molar-refractivity contribution is 5.89. The van der Waals surface area contributed by atoms with Crippen LogP contribution in [0.2, 0.25) is 0 Å². The van der Waals surface area contributed by atoms with Crippen molar-refractivity contribution in [2.75, 3.05) is 6.61 Å². The van der Waals surface area contributed by atoms with Crippen LogP contribution in [0.1, 0.15) is 59.3 Å². The number of carbonyl (C=O) groups excluding carboxylic acids is 2. The molecule has 0 aromatic heterocycles. The van der Waals surface area contributed by atoms with Gasteiger partial charge in [0.15, 0.2) is 11.4 Å². The minimum Gasteiger partial charge on any atom is -0.500 e. The Labute approximate surface area is 147 Å². The second kappa shape index (κ2) is 5.55. The van der Waals surface area contributed by atoms with Crippen molar-refractivity contribution in [2.45, 2.75) is 77.1 Å². The minimum atomic E-state index is -0.915. The van der Waals surface area contributed by atoms with Crippen LogP contribution < -0.4 is 0 Å². The van der Waals surface area contributed by atoms with Crippen LogP contribution in [-0.4, -0.2) is 36.2 Å². The van der Waals surface area contributed by atoms with Crippen LogP contribution in [0, 0.1) is 10.8 Å². The van der Waals surface area contributed by atoms with Crippen LogP contribution in [0.3, 0.4) is 0 Å². The van der Waals surface area contributed by atoms with Crippen LogP contribution >= 0.6 is 0 Å². The van der Waals surface area contributed by atoms with Gasteiger partial charge in [0.1, 0.15) is 12.2 Å².